The van der Waals surface area contributed by atoms with Gasteiger partial charge in [0.05, 0.1) is 0 Å². The molecule has 2 aliphatic carbocycles. The van der Waals surface area contributed by atoms with Crippen LogP contribution in [0.25, 0.3) is 0 Å². The summed E-state index contributed by atoms with van der Waals surface area (Å²) in [5.41, 5.74) is 1.49. The molecule has 20 heavy (non-hydrogen) atoms. The molecule has 0 amide bonds. The van der Waals surface area contributed by atoms with Crippen LogP contribution >= 0.6 is 22.6 Å². The third-order valence-electron chi connectivity index (χ3n) is 5.36. The minimum Gasteiger partial charge on any atom is -0.314 e. The third-order valence-corrected chi connectivity index (χ3v) is 6.08. The van der Waals surface area contributed by atoms with E-state index in [-0.39, 0.29) is 0 Å². The number of likely N-dealkylation sites (N-methyl/N-ethyl adjacent to an activating group) is 1. The van der Waals surface area contributed by atoms with Crippen LogP contribution in [-0.2, 0) is 6.42 Å². The van der Waals surface area contributed by atoms with Gasteiger partial charge in [0.15, 0.2) is 0 Å². The highest BCUT2D eigenvalue weighted by Crippen LogP contribution is 2.49. The van der Waals surface area contributed by atoms with E-state index >= 15 is 0 Å². The fourth-order valence-electron chi connectivity index (χ4n) is 4.46. The summed E-state index contributed by atoms with van der Waals surface area (Å²) >= 11 is 2.38. The van der Waals surface area contributed by atoms with Crippen LogP contribution in [0.4, 0.5) is 0 Å². The van der Waals surface area contributed by atoms with Crippen LogP contribution in [0.3, 0.4) is 0 Å². The zero-order valence-corrected chi connectivity index (χ0v) is 14.6. The molecule has 0 saturated heterocycles. The second kappa shape index (κ2) is 6.78. The van der Waals surface area contributed by atoms with Crippen molar-refractivity contribution in [3.05, 3.63) is 33.4 Å². The highest BCUT2D eigenvalue weighted by Gasteiger charge is 2.39. The quantitative estimate of drug-likeness (QED) is 0.706. The van der Waals surface area contributed by atoms with Gasteiger partial charge in [0.1, 0.15) is 0 Å². The molecule has 4 atom stereocenters. The SMILES string of the molecule is CCNC(Cc1ccc(I)cc1)CC1CC2CCC1C2. The largest absolute Gasteiger partial charge is 0.314 e. The number of rotatable bonds is 6. The molecule has 0 spiro atoms. The summed E-state index contributed by atoms with van der Waals surface area (Å²) in [5, 5.41) is 3.73. The minimum atomic E-state index is 0.671. The summed E-state index contributed by atoms with van der Waals surface area (Å²) in [6.07, 6.45) is 8.66. The van der Waals surface area contributed by atoms with Crippen molar-refractivity contribution in [1.29, 1.82) is 0 Å². The van der Waals surface area contributed by atoms with Gasteiger partial charge in [0.25, 0.3) is 0 Å². The second-order valence-electron chi connectivity index (χ2n) is 6.76. The first kappa shape index (κ1) is 14.8. The summed E-state index contributed by atoms with van der Waals surface area (Å²) in [5.74, 6) is 3.13. The van der Waals surface area contributed by atoms with Gasteiger partial charge in [-0.15, -0.1) is 0 Å². The molecule has 0 aliphatic heterocycles. The predicted molar refractivity (Wildman–Crippen MR) is 93.9 cm³/mol. The molecule has 0 radical (unpaired) electrons. The molecule has 1 aromatic rings. The molecule has 1 nitrogen and oxygen atoms in total. The first-order chi connectivity index (χ1) is 9.74. The van der Waals surface area contributed by atoms with Gasteiger partial charge in [-0.25, -0.2) is 0 Å². The van der Waals surface area contributed by atoms with E-state index < -0.39 is 0 Å². The number of hydrogen-bond acceptors (Lipinski definition) is 1. The zero-order chi connectivity index (χ0) is 13.9. The molecule has 2 aliphatic rings. The number of benzene rings is 1. The lowest BCUT2D eigenvalue weighted by Crippen LogP contribution is -2.34. The van der Waals surface area contributed by atoms with Crippen LogP contribution < -0.4 is 5.32 Å². The predicted octanol–water partition coefficient (Wildman–Crippen LogP) is 4.64. The monoisotopic (exact) mass is 383 g/mol. The van der Waals surface area contributed by atoms with Crippen LogP contribution in [0.1, 0.15) is 44.6 Å². The molecular weight excluding hydrogens is 357 g/mol. The average molecular weight is 383 g/mol. The highest BCUT2D eigenvalue weighted by atomic mass is 127. The maximum Gasteiger partial charge on any atom is 0.0130 e. The fraction of sp³-hybridized carbons (Fsp3) is 0.667. The molecular formula is C18H26IN. The van der Waals surface area contributed by atoms with E-state index in [0.717, 1.165) is 24.3 Å². The highest BCUT2D eigenvalue weighted by molar-refractivity contribution is 14.1. The van der Waals surface area contributed by atoms with Gasteiger partial charge in [-0.1, -0.05) is 25.5 Å². The lowest BCUT2D eigenvalue weighted by Gasteiger charge is -2.27. The van der Waals surface area contributed by atoms with Crippen molar-refractivity contribution in [2.24, 2.45) is 17.8 Å². The maximum absolute atomic E-state index is 3.73. The van der Waals surface area contributed by atoms with Crippen LogP contribution in [0.15, 0.2) is 24.3 Å². The maximum atomic E-state index is 3.73. The van der Waals surface area contributed by atoms with Gasteiger partial charge >= 0.3 is 0 Å². The number of fused-ring (bicyclic) bond motifs is 2. The molecule has 2 bridgehead atoms. The van der Waals surface area contributed by atoms with Gasteiger partial charge in [-0.2, -0.15) is 0 Å². The van der Waals surface area contributed by atoms with Crippen LogP contribution in [-0.4, -0.2) is 12.6 Å². The van der Waals surface area contributed by atoms with Crippen LogP contribution in [0, 0.1) is 21.3 Å². The smallest absolute Gasteiger partial charge is 0.0130 e. The van der Waals surface area contributed by atoms with Gasteiger partial charge in [0, 0.05) is 9.61 Å². The van der Waals surface area contributed by atoms with Crippen molar-refractivity contribution in [3.63, 3.8) is 0 Å². The Kier molecular flexibility index (Phi) is 5.03. The molecule has 0 heterocycles. The molecule has 4 unspecified atom stereocenters. The first-order valence-corrected chi connectivity index (χ1v) is 9.30. The molecule has 1 N–H and O–H groups in total. The summed E-state index contributed by atoms with van der Waals surface area (Å²) in [4.78, 5) is 0. The Hall–Kier alpha value is -0.0900. The lowest BCUT2D eigenvalue weighted by molar-refractivity contribution is 0.278. The average Bonchev–Trinajstić information content (AvgIpc) is 3.04. The Bertz CT molecular complexity index is 428. The fourth-order valence-corrected chi connectivity index (χ4v) is 4.82. The molecule has 0 aromatic heterocycles. The Morgan fingerprint density at radius 3 is 2.60 bits per heavy atom. The van der Waals surface area contributed by atoms with E-state index in [1.54, 1.807) is 0 Å². The molecule has 2 fully saturated rings. The van der Waals surface area contributed by atoms with E-state index in [9.17, 15) is 0 Å². The van der Waals surface area contributed by atoms with E-state index in [1.165, 1.54) is 47.7 Å². The Balaban J connectivity index is 1.59. The van der Waals surface area contributed by atoms with Crippen molar-refractivity contribution in [1.82, 2.24) is 5.32 Å². The number of nitrogens with one attached hydrogen (secondary N) is 1. The minimum absolute atomic E-state index is 0.671. The van der Waals surface area contributed by atoms with Gasteiger partial charge in [-0.3, -0.25) is 0 Å². The van der Waals surface area contributed by atoms with Gasteiger partial charge in [-0.05, 0) is 96.7 Å². The Labute approximate surface area is 137 Å². The molecule has 110 valence electrons. The normalized spacial score (nSPS) is 29.8. The number of hydrogen-bond donors (Lipinski definition) is 1. The summed E-state index contributed by atoms with van der Waals surface area (Å²) < 4.78 is 1.33. The molecule has 1 aromatic carbocycles. The van der Waals surface area contributed by atoms with Crippen molar-refractivity contribution < 1.29 is 0 Å². The first-order valence-electron chi connectivity index (χ1n) is 8.22. The summed E-state index contributed by atoms with van der Waals surface area (Å²) in [6.45, 7) is 3.33. The van der Waals surface area contributed by atoms with Gasteiger partial charge in [0.2, 0.25) is 0 Å². The van der Waals surface area contributed by atoms with Crippen molar-refractivity contribution in [2.75, 3.05) is 6.54 Å². The standard InChI is InChI=1S/C18H26IN/c1-2-20-18(11-13-4-7-17(19)8-5-13)12-16-10-14-3-6-15(16)9-14/h4-5,7-8,14-16,18,20H,2-3,6,9-12H2,1H3. The van der Waals surface area contributed by atoms with E-state index in [1.807, 2.05) is 0 Å². The summed E-state index contributed by atoms with van der Waals surface area (Å²) in [6, 6.07) is 9.73. The summed E-state index contributed by atoms with van der Waals surface area (Å²) in [7, 11) is 0. The van der Waals surface area contributed by atoms with Crippen LogP contribution in [0.5, 0.6) is 0 Å². The van der Waals surface area contributed by atoms with E-state index in [4.69, 9.17) is 0 Å². The Morgan fingerprint density at radius 2 is 2.00 bits per heavy atom. The molecule has 2 heteroatoms. The van der Waals surface area contributed by atoms with Crippen molar-refractivity contribution in [3.8, 4) is 0 Å². The lowest BCUT2D eigenvalue weighted by atomic mass is 9.83. The van der Waals surface area contributed by atoms with Crippen molar-refractivity contribution in [2.45, 2.75) is 51.5 Å². The van der Waals surface area contributed by atoms with Crippen molar-refractivity contribution >= 4 is 22.6 Å². The van der Waals surface area contributed by atoms with E-state index in [2.05, 4.69) is 59.1 Å². The third kappa shape index (κ3) is 3.56. The molecule has 3 rings (SSSR count). The zero-order valence-electron chi connectivity index (χ0n) is 12.4. The topological polar surface area (TPSA) is 12.0 Å². The van der Waals surface area contributed by atoms with E-state index in [0.29, 0.717) is 6.04 Å². The molecule has 2 saturated carbocycles. The Morgan fingerprint density at radius 1 is 1.20 bits per heavy atom. The number of halogens is 1. The van der Waals surface area contributed by atoms with Crippen LogP contribution in [0.2, 0.25) is 0 Å². The second-order valence-corrected chi connectivity index (χ2v) is 8.00. The van der Waals surface area contributed by atoms with Gasteiger partial charge < -0.3 is 5.32 Å².